The maximum atomic E-state index is 10.5. The third kappa shape index (κ3) is 3.74. The van der Waals surface area contributed by atoms with Crippen molar-refractivity contribution in [3.8, 4) is 0 Å². The third-order valence-electron chi connectivity index (χ3n) is 3.12. The molecular formula is C11H17Br2O2-. The van der Waals surface area contributed by atoms with Crippen LogP contribution in [0, 0.1) is 11.8 Å². The van der Waals surface area contributed by atoms with Crippen LogP contribution < -0.4 is 5.11 Å². The zero-order valence-corrected chi connectivity index (χ0v) is 12.1. The summed E-state index contributed by atoms with van der Waals surface area (Å²) < 4.78 is -0.133. The van der Waals surface area contributed by atoms with Crippen molar-refractivity contribution in [3.63, 3.8) is 0 Å². The molecule has 1 saturated carbocycles. The Morgan fingerprint density at radius 3 is 2.47 bits per heavy atom. The van der Waals surface area contributed by atoms with Gasteiger partial charge >= 0.3 is 0 Å². The predicted octanol–water partition coefficient (Wildman–Crippen LogP) is 2.83. The summed E-state index contributed by atoms with van der Waals surface area (Å²) in [4.78, 5) is 10.5. The molecule has 0 aliphatic heterocycles. The van der Waals surface area contributed by atoms with Gasteiger partial charge in [0.2, 0.25) is 0 Å². The number of alkyl halides is 2. The molecule has 0 spiro atoms. The topological polar surface area (TPSA) is 40.1 Å². The maximum Gasteiger partial charge on any atom is 0.0872 e. The zero-order chi connectivity index (χ0) is 11.5. The minimum atomic E-state index is -0.945. The molecule has 88 valence electrons. The normalized spacial score (nSPS) is 27.7. The van der Waals surface area contributed by atoms with Gasteiger partial charge in [-0.3, -0.25) is 0 Å². The number of carboxylic acid groups (broad SMARTS) is 1. The molecule has 1 fully saturated rings. The number of rotatable bonds is 7. The molecular weight excluding hydrogens is 324 g/mol. The van der Waals surface area contributed by atoms with Crippen molar-refractivity contribution < 1.29 is 9.90 Å². The molecule has 1 aliphatic carbocycles. The van der Waals surface area contributed by atoms with Crippen LogP contribution in [-0.2, 0) is 4.79 Å². The first-order valence-electron chi connectivity index (χ1n) is 5.57. The van der Waals surface area contributed by atoms with Crippen molar-refractivity contribution >= 4 is 37.8 Å². The van der Waals surface area contributed by atoms with Crippen LogP contribution in [0.1, 0.15) is 45.4 Å². The lowest BCUT2D eigenvalue weighted by Gasteiger charge is -2.00. The Labute approximate surface area is 108 Å². The Bertz CT molecular complexity index is 229. The second kappa shape index (κ2) is 5.67. The number of carbonyl (C=O) groups excluding carboxylic acids is 1. The van der Waals surface area contributed by atoms with Crippen LogP contribution in [0.5, 0.6) is 0 Å². The summed E-state index contributed by atoms with van der Waals surface area (Å²) in [6.45, 7) is 2.19. The fourth-order valence-corrected chi connectivity index (χ4v) is 3.90. The molecule has 0 aromatic heterocycles. The van der Waals surface area contributed by atoms with Crippen LogP contribution in [0.3, 0.4) is 0 Å². The second-order valence-corrected chi connectivity index (χ2v) is 8.00. The molecule has 0 radical (unpaired) electrons. The lowest BCUT2D eigenvalue weighted by atomic mass is 10.1. The SMILES string of the molecule is CCCCCCC1C(CC(=O)[O-])C1(Br)Br. The van der Waals surface area contributed by atoms with Crippen molar-refractivity contribution in [1.29, 1.82) is 0 Å². The summed E-state index contributed by atoms with van der Waals surface area (Å²) in [6.07, 6.45) is 6.22. The van der Waals surface area contributed by atoms with Gasteiger partial charge in [-0.05, 0) is 24.7 Å². The standard InChI is InChI=1S/C11H18Br2O2/c1-2-3-4-5-6-8-9(7-10(14)15)11(8,12)13/h8-9H,2-7H2,1H3,(H,14,15)/p-1. The highest BCUT2D eigenvalue weighted by atomic mass is 79.9. The van der Waals surface area contributed by atoms with E-state index in [-0.39, 0.29) is 15.6 Å². The maximum absolute atomic E-state index is 10.5. The first kappa shape index (κ1) is 13.5. The zero-order valence-electron chi connectivity index (χ0n) is 8.97. The average molecular weight is 341 g/mol. The highest BCUT2D eigenvalue weighted by Crippen LogP contribution is 2.65. The number of halogens is 2. The van der Waals surface area contributed by atoms with Gasteiger partial charge in [-0.2, -0.15) is 0 Å². The molecule has 2 atom stereocenters. The lowest BCUT2D eigenvalue weighted by Crippen LogP contribution is -2.23. The van der Waals surface area contributed by atoms with E-state index in [9.17, 15) is 9.90 Å². The number of hydrogen-bond acceptors (Lipinski definition) is 2. The van der Waals surface area contributed by atoms with Gasteiger partial charge in [0.15, 0.2) is 0 Å². The van der Waals surface area contributed by atoms with Crippen LogP contribution in [0.15, 0.2) is 0 Å². The van der Waals surface area contributed by atoms with Gasteiger partial charge in [-0.25, -0.2) is 0 Å². The molecule has 15 heavy (non-hydrogen) atoms. The number of carbonyl (C=O) groups is 1. The Kier molecular flexibility index (Phi) is 5.10. The first-order chi connectivity index (χ1) is 7.00. The molecule has 2 nitrogen and oxygen atoms in total. The van der Waals surface area contributed by atoms with E-state index in [1.807, 2.05) is 0 Å². The van der Waals surface area contributed by atoms with Crippen LogP contribution in [0.2, 0.25) is 0 Å². The van der Waals surface area contributed by atoms with Crippen molar-refractivity contribution in [1.82, 2.24) is 0 Å². The van der Waals surface area contributed by atoms with Crippen LogP contribution in [0.25, 0.3) is 0 Å². The van der Waals surface area contributed by atoms with E-state index >= 15 is 0 Å². The molecule has 2 unspecified atom stereocenters. The summed E-state index contributed by atoms with van der Waals surface area (Å²) in [5.74, 6) is -0.296. The van der Waals surface area contributed by atoms with Crippen molar-refractivity contribution in [2.45, 2.75) is 48.7 Å². The number of aliphatic carboxylic acids is 1. The van der Waals surface area contributed by atoms with E-state index in [1.165, 1.54) is 25.7 Å². The average Bonchev–Trinajstić information content (AvgIpc) is 2.62. The fraction of sp³-hybridized carbons (Fsp3) is 0.909. The monoisotopic (exact) mass is 339 g/mol. The van der Waals surface area contributed by atoms with Gasteiger partial charge < -0.3 is 9.90 Å². The van der Waals surface area contributed by atoms with E-state index in [0.717, 1.165) is 6.42 Å². The molecule has 0 heterocycles. The number of carboxylic acids is 1. The molecule has 4 heteroatoms. The number of unbranched alkanes of at least 4 members (excludes halogenated alkanes) is 3. The van der Waals surface area contributed by atoms with Gasteiger partial charge in [-0.15, -0.1) is 0 Å². The van der Waals surface area contributed by atoms with E-state index in [1.54, 1.807) is 0 Å². The Morgan fingerprint density at radius 2 is 1.93 bits per heavy atom. The minimum absolute atomic E-state index is 0.133. The Balaban J connectivity index is 2.22. The molecule has 0 aromatic carbocycles. The largest absolute Gasteiger partial charge is 0.550 e. The lowest BCUT2D eigenvalue weighted by molar-refractivity contribution is -0.306. The van der Waals surface area contributed by atoms with E-state index < -0.39 is 5.97 Å². The summed E-state index contributed by atoms with van der Waals surface area (Å²) in [5.41, 5.74) is 0. The molecule has 0 aromatic rings. The quantitative estimate of drug-likeness (QED) is 0.528. The van der Waals surface area contributed by atoms with Gasteiger partial charge in [0.05, 0.1) is 3.23 Å². The molecule has 1 rings (SSSR count). The van der Waals surface area contributed by atoms with Crippen molar-refractivity contribution in [2.24, 2.45) is 11.8 Å². The molecule has 0 saturated heterocycles. The minimum Gasteiger partial charge on any atom is -0.550 e. The van der Waals surface area contributed by atoms with Gasteiger partial charge in [0, 0.05) is 5.97 Å². The van der Waals surface area contributed by atoms with E-state index in [4.69, 9.17) is 0 Å². The first-order valence-corrected chi connectivity index (χ1v) is 7.16. The summed E-state index contributed by atoms with van der Waals surface area (Å²) >= 11 is 7.08. The summed E-state index contributed by atoms with van der Waals surface area (Å²) in [5, 5.41) is 10.5. The molecule has 0 amide bonds. The van der Waals surface area contributed by atoms with Crippen molar-refractivity contribution in [3.05, 3.63) is 0 Å². The van der Waals surface area contributed by atoms with Crippen LogP contribution in [-0.4, -0.2) is 9.20 Å². The third-order valence-corrected chi connectivity index (χ3v) is 5.47. The van der Waals surface area contributed by atoms with Gasteiger partial charge in [-0.1, -0.05) is 64.5 Å². The summed E-state index contributed by atoms with van der Waals surface area (Å²) in [6, 6.07) is 0. The Hall–Kier alpha value is 0.430. The van der Waals surface area contributed by atoms with Crippen LogP contribution >= 0.6 is 31.9 Å². The van der Waals surface area contributed by atoms with E-state index in [0.29, 0.717) is 5.92 Å². The van der Waals surface area contributed by atoms with Crippen molar-refractivity contribution in [2.75, 3.05) is 0 Å². The molecule has 0 bridgehead atoms. The highest BCUT2D eigenvalue weighted by molar-refractivity contribution is 9.25. The number of hydrogen-bond donors (Lipinski definition) is 0. The Morgan fingerprint density at radius 1 is 1.27 bits per heavy atom. The molecule has 0 N–H and O–H groups in total. The van der Waals surface area contributed by atoms with Crippen LogP contribution in [0.4, 0.5) is 0 Å². The summed E-state index contributed by atoms with van der Waals surface area (Å²) in [7, 11) is 0. The van der Waals surface area contributed by atoms with E-state index in [2.05, 4.69) is 38.8 Å². The highest BCUT2D eigenvalue weighted by Gasteiger charge is 2.60. The smallest absolute Gasteiger partial charge is 0.0872 e. The van der Waals surface area contributed by atoms with Gasteiger partial charge in [0.1, 0.15) is 0 Å². The predicted molar refractivity (Wildman–Crippen MR) is 65.9 cm³/mol. The second-order valence-electron chi connectivity index (χ2n) is 4.31. The molecule has 1 aliphatic rings. The van der Waals surface area contributed by atoms with Gasteiger partial charge in [0.25, 0.3) is 0 Å². The fourth-order valence-electron chi connectivity index (χ4n) is 2.10.